The number of benzene rings is 2. The van der Waals surface area contributed by atoms with E-state index in [0.29, 0.717) is 28.3 Å². The first-order valence-corrected chi connectivity index (χ1v) is 11.2. The molecule has 1 aliphatic rings. The van der Waals surface area contributed by atoms with Crippen molar-refractivity contribution in [1.82, 2.24) is 14.9 Å². The second-order valence-corrected chi connectivity index (χ2v) is 8.64. The van der Waals surface area contributed by atoms with Crippen molar-refractivity contribution in [2.24, 2.45) is 0 Å². The molecule has 0 fully saturated rings. The number of nitrogens with one attached hydrogen (secondary N) is 1. The summed E-state index contributed by atoms with van der Waals surface area (Å²) < 4.78 is 24.1. The molecule has 32 heavy (non-hydrogen) atoms. The van der Waals surface area contributed by atoms with Crippen molar-refractivity contribution < 1.29 is 13.9 Å². The predicted molar refractivity (Wildman–Crippen MR) is 123 cm³/mol. The Labute approximate surface area is 188 Å². The lowest BCUT2D eigenvalue weighted by Gasteiger charge is -2.29. The van der Waals surface area contributed by atoms with Crippen LogP contribution in [0.4, 0.5) is 4.39 Å². The highest BCUT2D eigenvalue weighted by molar-refractivity contribution is 7.17. The van der Waals surface area contributed by atoms with Crippen molar-refractivity contribution in [3.63, 3.8) is 0 Å². The standard InChI is InChI=1S/C24H22FN3O3S/c1-30-19-9-15-7-8-28(11-16(15)10-20(19)31-2)12-21-26-23(29)22-18(13-32-24(22)27-21)14-3-5-17(25)6-4-14/h3-6,9-10,13H,7-8,11-12H2,1-2H3,(H,26,27,29). The molecular formula is C24H22FN3O3S. The van der Waals surface area contributed by atoms with Crippen molar-refractivity contribution in [3.05, 3.63) is 74.9 Å². The number of methoxy groups -OCH3 is 2. The van der Waals surface area contributed by atoms with E-state index in [1.807, 2.05) is 17.5 Å². The van der Waals surface area contributed by atoms with Crippen molar-refractivity contribution in [2.45, 2.75) is 19.5 Å². The average molecular weight is 452 g/mol. The maximum atomic E-state index is 13.3. The van der Waals surface area contributed by atoms with Gasteiger partial charge in [-0.2, -0.15) is 0 Å². The number of rotatable bonds is 5. The molecule has 5 rings (SSSR count). The van der Waals surface area contributed by atoms with Crippen molar-refractivity contribution in [1.29, 1.82) is 0 Å². The van der Waals surface area contributed by atoms with Gasteiger partial charge in [-0.25, -0.2) is 9.37 Å². The smallest absolute Gasteiger partial charge is 0.260 e. The molecule has 0 radical (unpaired) electrons. The van der Waals surface area contributed by atoms with Gasteiger partial charge in [0, 0.05) is 24.0 Å². The molecule has 2 aromatic heterocycles. The highest BCUT2D eigenvalue weighted by Crippen LogP contribution is 2.34. The van der Waals surface area contributed by atoms with Crippen LogP contribution in [0, 0.1) is 5.82 Å². The topological polar surface area (TPSA) is 67.5 Å². The fourth-order valence-electron chi connectivity index (χ4n) is 4.20. The number of nitrogens with zero attached hydrogens (tertiary/aromatic N) is 2. The Morgan fingerprint density at radius 2 is 1.84 bits per heavy atom. The zero-order chi connectivity index (χ0) is 22.2. The molecule has 4 aromatic rings. The summed E-state index contributed by atoms with van der Waals surface area (Å²) in [5.41, 5.74) is 3.84. The summed E-state index contributed by atoms with van der Waals surface area (Å²) in [6.07, 6.45) is 0.885. The Morgan fingerprint density at radius 1 is 1.12 bits per heavy atom. The maximum absolute atomic E-state index is 13.3. The van der Waals surface area contributed by atoms with E-state index in [1.54, 1.807) is 26.4 Å². The van der Waals surface area contributed by atoms with Crippen molar-refractivity contribution in [2.75, 3.05) is 20.8 Å². The highest BCUT2D eigenvalue weighted by atomic mass is 32.1. The molecule has 0 saturated heterocycles. The summed E-state index contributed by atoms with van der Waals surface area (Å²) in [4.78, 5) is 23.5. The van der Waals surface area contributed by atoms with Gasteiger partial charge in [0.25, 0.3) is 5.56 Å². The maximum Gasteiger partial charge on any atom is 0.260 e. The SMILES string of the molecule is COc1cc2c(cc1OC)CN(Cc1nc3scc(-c4ccc(F)cc4)c3c(=O)[nH]1)CC2. The summed E-state index contributed by atoms with van der Waals surface area (Å²) in [7, 11) is 3.28. The van der Waals surface area contributed by atoms with Crippen LogP contribution in [0.15, 0.2) is 46.6 Å². The van der Waals surface area contributed by atoms with Gasteiger partial charge in [-0.15, -0.1) is 11.3 Å². The van der Waals surface area contributed by atoms with Crippen LogP contribution in [0.3, 0.4) is 0 Å². The van der Waals surface area contributed by atoms with Gasteiger partial charge in [0.05, 0.1) is 26.2 Å². The molecule has 0 amide bonds. The van der Waals surface area contributed by atoms with Gasteiger partial charge in [0.1, 0.15) is 16.5 Å². The van der Waals surface area contributed by atoms with Gasteiger partial charge in [0.2, 0.25) is 0 Å². The number of ether oxygens (including phenoxy) is 2. The summed E-state index contributed by atoms with van der Waals surface area (Å²) in [6.45, 7) is 2.14. The Balaban J connectivity index is 1.41. The average Bonchev–Trinajstić information content (AvgIpc) is 3.23. The first-order valence-electron chi connectivity index (χ1n) is 10.3. The summed E-state index contributed by atoms with van der Waals surface area (Å²) in [5, 5.41) is 2.45. The Morgan fingerprint density at radius 3 is 2.56 bits per heavy atom. The lowest BCUT2D eigenvalue weighted by molar-refractivity contribution is 0.238. The summed E-state index contributed by atoms with van der Waals surface area (Å²) in [5.74, 6) is 1.79. The van der Waals surface area contributed by atoms with E-state index in [4.69, 9.17) is 14.5 Å². The third-order valence-corrected chi connectivity index (χ3v) is 6.69. The van der Waals surface area contributed by atoms with Gasteiger partial charge < -0.3 is 14.5 Å². The molecular weight excluding hydrogens is 429 g/mol. The van der Waals surface area contributed by atoms with Crippen molar-refractivity contribution in [3.8, 4) is 22.6 Å². The molecule has 0 bridgehead atoms. The Kier molecular flexibility index (Phi) is 5.40. The lowest BCUT2D eigenvalue weighted by atomic mass is 9.99. The number of H-pyrrole nitrogens is 1. The molecule has 8 heteroatoms. The van der Waals surface area contributed by atoms with Gasteiger partial charge in [-0.1, -0.05) is 12.1 Å². The number of thiophene rings is 1. The zero-order valence-corrected chi connectivity index (χ0v) is 18.6. The molecule has 0 aliphatic carbocycles. The van der Waals surface area contributed by atoms with Crippen LogP contribution in [0.5, 0.6) is 11.5 Å². The fourth-order valence-corrected chi connectivity index (χ4v) is 5.17. The Hall–Kier alpha value is -3.23. The number of hydrogen-bond acceptors (Lipinski definition) is 6. The van der Waals surface area contributed by atoms with Gasteiger partial charge in [0.15, 0.2) is 11.5 Å². The first-order chi connectivity index (χ1) is 15.6. The van der Waals surface area contributed by atoms with E-state index >= 15 is 0 Å². The van der Waals surface area contributed by atoms with E-state index in [0.717, 1.165) is 36.4 Å². The summed E-state index contributed by atoms with van der Waals surface area (Å²) in [6, 6.07) is 10.2. The van der Waals surface area contributed by atoms with Gasteiger partial charge >= 0.3 is 0 Å². The number of halogens is 1. The third-order valence-electron chi connectivity index (χ3n) is 5.82. The molecule has 0 atom stereocenters. The van der Waals surface area contributed by atoms with Crippen molar-refractivity contribution >= 4 is 21.6 Å². The second-order valence-electron chi connectivity index (χ2n) is 7.79. The van der Waals surface area contributed by atoms with E-state index in [1.165, 1.54) is 34.6 Å². The molecule has 3 heterocycles. The molecule has 164 valence electrons. The molecule has 2 aromatic carbocycles. The minimum atomic E-state index is -0.304. The lowest BCUT2D eigenvalue weighted by Crippen LogP contribution is -2.31. The summed E-state index contributed by atoms with van der Waals surface area (Å²) >= 11 is 1.43. The van der Waals surface area contributed by atoms with E-state index < -0.39 is 0 Å². The molecule has 6 nitrogen and oxygen atoms in total. The van der Waals surface area contributed by atoms with E-state index in [-0.39, 0.29) is 11.4 Å². The fraction of sp³-hybridized carbons (Fsp3) is 0.250. The van der Waals surface area contributed by atoms with Crippen LogP contribution in [0.2, 0.25) is 0 Å². The normalized spacial score (nSPS) is 13.8. The zero-order valence-electron chi connectivity index (χ0n) is 17.8. The number of aromatic nitrogens is 2. The third kappa shape index (κ3) is 3.76. The number of aromatic amines is 1. The van der Waals surface area contributed by atoms with Crippen LogP contribution in [-0.4, -0.2) is 35.6 Å². The minimum absolute atomic E-state index is 0.172. The predicted octanol–water partition coefficient (Wildman–Crippen LogP) is 4.37. The van der Waals surface area contributed by atoms with Gasteiger partial charge in [-0.05, 0) is 47.4 Å². The molecule has 1 aliphatic heterocycles. The largest absolute Gasteiger partial charge is 0.493 e. The monoisotopic (exact) mass is 451 g/mol. The minimum Gasteiger partial charge on any atom is -0.493 e. The van der Waals surface area contributed by atoms with Crippen LogP contribution in [0.25, 0.3) is 21.3 Å². The number of hydrogen-bond donors (Lipinski definition) is 1. The van der Waals surface area contributed by atoms with E-state index in [2.05, 4.69) is 9.88 Å². The number of fused-ring (bicyclic) bond motifs is 2. The van der Waals surface area contributed by atoms with Crippen LogP contribution >= 0.6 is 11.3 Å². The highest BCUT2D eigenvalue weighted by Gasteiger charge is 2.21. The van der Waals surface area contributed by atoms with Crippen LogP contribution < -0.4 is 15.0 Å². The molecule has 0 saturated carbocycles. The molecule has 0 unspecified atom stereocenters. The van der Waals surface area contributed by atoms with Gasteiger partial charge in [-0.3, -0.25) is 9.69 Å². The Bertz CT molecular complexity index is 1350. The van der Waals surface area contributed by atoms with E-state index in [9.17, 15) is 9.18 Å². The quantitative estimate of drug-likeness (QED) is 0.488. The molecule has 0 spiro atoms. The van der Waals surface area contributed by atoms with Crippen LogP contribution in [-0.2, 0) is 19.5 Å². The van der Waals surface area contributed by atoms with Crippen LogP contribution in [0.1, 0.15) is 17.0 Å². The molecule has 1 N–H and O–H groups in total. The first kappa shape index (κ1) is 20.7. The second kappa shape index (κ2) is 8.37.